The zero-order valence-corrected chi connectivity index (χ0v) is 11.3. The van der Waals surface area contributed by atoms with E-state index in [1.165, 1.54) is 6.20 Å². The van der Waals surface area contributed by atoms with Crippen molar-refractivity contribution in [1.82, 2.24) is 9.55 Å². The summed E-state index contributed by atoms with van der Waals surface area (Å²) in [4.78, 5) is 15.7. The van der Waals surface area contributed by atoms with Crippen LogP contribution in [-0.4, -0.2) is 15.5 Å². The van der Waals surface area contributed by atoms with Crippen molar-refractivity contribution >= 4 is 28.9 Å². The molecule has 1 aromatic carbocycles. The van der Waals surface area contributed by atoms with Gasteiger partial charge in [0.05, 0.1) is 11.4 Å². The van der Waals surface area contributed by atoms with Crippen molar-refractivity contribution in [2.45, 2.75) is 13.0 Å². The Kier molecular flexibility index (Phi) is 4.23. The number of carbonyl (C=O) groups excluding carboxylic acids is 1. The molecule has 1 aromatic heterocycles. The molecule has 0 radical (unpaired) electrons. The second kappa shape index (κ2) is 6.08. The fraction of sp³-hybridized carbons (Fsp3) is 0.154. The van der Waals surface area contributed by atoms with Crippen LogP contribution in [-0.2, 0) is 11.3 Å². The lowest BCUT2D eigenvalue weighted by Gasteiger charge is -2.09. The number of nitrogens with one attached hydrogen (secondary N) is 1. The monoisotopic (exact) mass is 289 g/mol. The van der Waals surface area contributed by atoms with Crippen LogP contribution < -0.4 is 11.1 Å². The van der Waals surface area contributed by atoms with Crippen LogP contribution in [0.2, 0.25) is 5.02 Å². The summed E-state index contributed by atoms with van der Waals surface area (Å²) in [6.07, 6.45) is 3.38. The third-order valence-electron chi connectivity index (χ3n) is 2.68. The van der Waals surface area contributed by atoms with Gasteiger partial charge in [0.2, 0.25) is 11.7 Å². The minimum Gasteiger partial charge on any atom is -0.397 e. The van der Waals surface area contributed by atoms with E-state index in [9.17, 15) is 4.79 Å². The number of nitrogens with two attached hydrogens (primary N) is 1. The minimum atomic E-state index is -0.212. The molecule has 0 spiro atoms. The van der Waals surface area contributed by atoms with Gasteiger partial charge in [-0.2, -0.15) is 5.26 Å². The van der Waals surface area contributed by atoms with E-state index in [1.54, 1.807) is 29.0 Å². The summed E-state index contributed by atoms with van der Waals surface area (Å²) in [5.41, 5.74) is 6.67. The Balaban J connectivity index is 1.96. The molecule has 0 saturated heterocycles. The Morgan fingerprint density at radius 3 is 3.10 bits per heavy atom. The largest absolute Gasteiger partial charge is 0.397 e. The number of carbonyl (C=O) groups is 1. The van der Waals surface area contributed by atoms with Gasteiger partial charge in [0, 0.05) is 30.4 Å². The molecule has 2 rings (SSSR count). The highest BCUT2D eigenvalue weighted by molar-refractivity contribution is 6.31. The number of hydrogen-bond donors (Lipinski definition) is 2. The van der Waals surface area contributed by atoms with Crippen molar-refractivity contribution < 1.29 is 4.79 Å². The first-order valence-electron chi connectivity index (χ1n) is 5.86. The number of aromatic nitrogens is 2. The lowest BCUT2D eigenvalue weighted by molar-refractivity contribution is -0.116. The van der Waals surface area contributed by atoms with Gasteiger partial charge in [-0.15, -0.1) is 0 Å². The highest BCUT2D eigenvalue weighted by Crippen LogP contribution is 2.22. The fourth-order valence-electron chi connectivity index (χ4n) is 1.67. The molecule has 0 fully saturated rings. The second-order valence-corrected chi connectivity index (χ2v) is 4.52. The molecule has 0 unspecified atom stereocenters. The number of amides is 1. The van der Waals surface area contributed by atoms with Gasteiger partial charge < -0.3 is 15.6 Å². The highest BCUT2D eigenvalue weighted by atomic mass is 35.5. The van der Waals surface area contributed by atoms with Gasteiger partial charge in [-0.1, -0.05) is 11.6 Å². The van der Waals surface area contributed by atoms with E-state index in [0.717, 1.165) is 0 Å². The second-order valence-electron chi connectivity index (χ2n) is 4.09. The van der Waals surface area contributed by atoms with Gasteiger partial charge >= 0.3 is 0 Å². The molecule has 6 nitrogen and oxygen atoms in total. The maximum absolute atomic E-state index is 11.8. The number of halogens is 1. The van der Waals surface area contributed by atoms with E-state index in [1.807, 2.05) is 6.07 Å². The lowest BCUT2D eigenvalue weighted by Crippen LogP contribution is -2.15. The van der Waals surface area contributed by atoms with Crippen molar-refractivity contribution in [3.8, 4) is 6.07 Å². The zero-order chi connectivity index (χ0) is 14.5. The predicted octanol–water partition coefficient (Wildman–Crippen LogP) is 2.02. The summed E-state index contributed by atoms with van der Waals surface area (Å²) >= 11 is 5.84. The van der Waals surface area contributed by atoms with Crippen LogP contribution in [0.1, 0.15) is 12.2 Å². The molecular formula is C13H12ClN5O. The molecule has 0 aliphatic rings. The van der Waals surface area contributed by atoms with Crippen molar-refractivity contribution in [2.75, 3.05) is 11.1 Å². The quantitative estimate of drug-likeness (QED) is 0.842. The van der Waals surface area contributed by atoms with Gasteiger partial charge in [-0.05, 0) is 18.2 Å². The van der Waals surface area contributed by atoms with E-state index < -0.39 is 0 Å². The average molecular weight is 290 g/mol. The Morgan fingerprint density at radius 1 is 1.55 bits per heavy atom. The molecule has 2 aromatic rings. The predicted molar refractivity (Wildman–Crippen MR) is 76.1 cm³/mol. The van der Waals surface area contributed by atoms with Crippen LogP contribution in [0.15, 0.2) is 30.6 Å². The van der Waals surface area contributed by atoms with E-state index >= 15 is 0 Å². The Labute approximate surface area is 120 Å². The molecule has 7 heteroatoms. The van der Waals surface area contributed by atoms with Gasteiger partial charge in [0.15, 0.2) is 0 Å². The molecule has 0 saturated carbocycles. The maximum atomic E-state index is 11.8. The van der Waals surface area contributed by atoms with Crippen molar-refractivity contribution in [3.05, 3.63) is 41.4 Å². The lowest BCUT2D eigenvalue weighted by atomic mass is 10.2. The van der Waals surface area contributed by atoms with Crippen LogP contribution >= 0.6 is 11.6 Å². The number of rotatable bonds is 4. The van der Waals surface area contributed by atoms with E-state index in [4.69, 9.17) is 22.6 Å². The first-order chi connectivity index (χ1) is 9.60. The number of imidazole rings is 1. The molecule has 0 aliphatic carbocycles. The first-order valence-corrected chi connectivity index (χ1v) is 6.24. The third kappa shape index (κ3) is 3.28. The van der Waals surface area contributed by atoms with E-state index in [2.05, 4.69) is 10.3 Å². The standard InChI is InChI=1S/C13H12ClN5O/c14-9-1-2-10(16)11(7-9)18-13(20)3-5-19-6-4-17-12(19)8-15/h1-2,4,6-7H,3,5,16H2,(H,18,20). The van der Waals surface area contributed by atoms with Crippen molar-refractivity contribution in [1.29, 1.82) is 5.26 Å². The molecule has 0 bridgehead atoms. The summed E-state index contributed by atoms with van der Waals surface area (Å²) in [7, 11) is 0. The number of nitriles is 1. The third-order valence-corrected chi connectivity index (χ3v) is 2.92. The Hall–Kier alpha value is -2.52. The molecule has 1 heterocycles. The fourth-order valence-corrected chi connectivity index (χ4v) is 1.85. The number of hydrogen-bond acceptors (Lipinski definition) is 4. The normalized spacial score (nSPS) is 10.0. The SMILES string of the molecule is N#Cc1nccn1CCC(=O)Nc1cc(Cl)ccc1N. The van der Waals surface area contributed by atoms with Gasteiger partial charge in [-0.3, -0.25) is 4.79 Å². The minimum absolute atomic E-state index is 0.205. The van der Waals surface area contributed by atoms with Gasteiger partial charge in [0.25, 0.3) is 0 Å². The van der Waals surface area contributed by atoms with Gasteiger partial charge in [-0.25, -0.2) is 4.98 Å². The highest BCUT2D eigenvalue weighted by Gasteiger charge is 2.08. The van der Waals surface area contributed by atoms with Crippen LogP contribution in [0.25, 0.3) is 0 Å². The smallest absolute Gasteiger partial charge is 0.226 e. The van der Waals surface area contributed by atoms with Crippen molar-refractivity contribution in [3.63, 3.8) is 0 Å². The summed E-state index contributed by atoms with van der Waals surface area (Å²) in [5.74, 6) is 0.0663. The van der Waals surface area contributed by atoms with Crippen molar-refractivity contribution in [2.24, 2.45) is 0 Å². The molecule has 0 atom stereocenters. The summed E-state index contributed by atoms with van der Waals surface area (Å²) in [6.45, 7) is 0.370. The first kappa shape index (κ1) is 13.9. The summed E-state index contributed by atoms with van der Waals surface area (Å²) < 4.78 is 1.61. The topological polar surface area (TPSA) is 96.7 Å². The van der Waals surface area contributed by atoms with Crippen LogP contribution in [0.5, 0.6) is 0 Å². The van der Waals surface area contributed by atoms with Crippen LogP contribution in [0, 0.1) is 11.3 Å². The van der Waals surface area contributed by atoms with Crippen LogP contribution in [0.4, 0.5) is 11.4 Å². The van der Waals surface area contributed by atoms with E-state index in [-0.39, 0.29) is 18.2 Å². The number of aryl methyl sites for hydroxylation is 1. The number of anilines is 2. The Bertz CT molecular complexity index is 674. The molecule has 102 valence electrons. The average Bonchev–Trinajstić information content (AvgIpc) is 2.88. The summed E-state index contributed by atoms with van der Waals surface area (Å²) in [5, 5.41) is 12.0. The molecule has 0 aliphatic heterocycles. The molecule has 1 amide bonds. The Morgan fingerprint density at radius 2 is 2.35 bits per heavy atom. The maximum Gasteiger partial charge on any atom is 0.226 e. The summed E-state index contributed by atoms with van der Waals surface area (Å²) in [6, 6.07) is 6.81. The molecular weight excluding hydrogens is 278 g/mol. The molecule has 20 heavy (non-hydrogen) atoms. The molecule has 3 N–H and O–H groups in total. The zero-order valence-electron chi connectivity index (χ0n) is 10.5. The number of benzene rings is 1. The van der Waals surface area contributed by atoms with Gasteiger partial charge in [0.1, 0.15) is 6.07 Å². The van der Waals surface area contributed by atoms with E-state index in [0.29, 0.717) is 22.9 Å². The van der Waals surface area contributed by atoms with Crippen LogP contribution in [0.3, 0.4) is 0 Å². The number of nitrogen functional groups attached to an aromatic ring is 1. The number of nitrogens with zero attached hydrogens (tertiary/aromatic N) is 3.